The van der Waals surface area contributed by atoms with Crippen molar-refractivity contribution in [3.05, 3.63) is 42.5 Å². The molecule has 0 aliphatic carbocycles. The molecule has 1 aromatic carbocycles. The maximum absolute atomic E-state index is 13.5. The molecule has 0 aliphatic heterocycles. The molecule has 3 rings (SSSR count). The average molecular weight is 214 g/mol. The minimum absolute atomic E-state index is 0.303. The van der Waals surface area contributed by atoms with Crippen molar-refractivity contribution in [1.82, 2.24) is 20.2 Å². The molecular formula is C11H7FN4. The van der Waals surface area contributed by atoms with Crippen molar-refractivity contribution >= 4 is 11.0 Å². The number of nitrogens with one attached hydrogen (secondary N) is 1. The lowest BCUT2D eigenvalue weighted by Crippen LogP contribution is -1.84. The van der Waals surface area contributed by atoms with Crippen LogP contribution in [0.3, 0.4) is 0 Å². The molecule has 0 unspecified atom stereocenters. The van der Waals surface area contributed by atoms with Crippen molar-refractivity contribution in [3.63, 3.8) is 0 Å². The molecule has 1 N–H and O–H groups in total. The van der Waals surface area contributed by atoms with E-state index in [2.05, 4.69) is 20.2 Å². The van der Waals surface area contributed by atoms with Crippen molar-refractivity contribution in [2.24, 2.45) is 0 Å². The Balaban J connectivity index is 2.23. The normalized spacial score (nSPS) is 10.8. The number of aromatic nitrogens is 4. The van der Waals surface area contributed by atoms with Gasteiger partial charge in [0.1, 0.15) is 17.2 Å². The fourth-order valence-electron chi connectivity index (χ4n) is 1.56. The number of nitrogens with zero attached hydrogens (tertiary/aromatic N) is 3. The van der Waals surface area contributed by atoms with Gasteiger partial charge < -0.3 is 4.98 Å². The third-order valence-electron chi connectivity index (χ3n) is 2.32. The van der Waals surface area contributed by atoms with E-state index in [0.717, 1.165) is 5.52 Å². The Labute approximate surface area is 90.2 Å². The monoisotopic (exact) mass is 214 g/mol. The molecule has 0 bridgehead atoms. The first-order chi connectivity index (χ1) is 7.84. The predicted molar refractivity (Wildman–Crippen MR) is 57.1 cm³/mol. The predicted octanol–water partition coefficient (Wildman–Crippen LogP) is 2.16. The van der Waals surface area contributed by atoms with Gasteiger partial charge in [-0.3, -0.25) is 0 Å². The molecule has 2 aromatic heterocycles. The quantitative estimate of drug-likeness (QED) is 0.675. The molecule has 0 radical (unpaired) electrons. The summed E-state index contributed by atoms with van der Waals surface area (Å²) < 4.78 is 13.5. The van der Waals surface area contributed by atoms with E-state index in [1.54, 1.807) is 24.4 Å². The van der Waals surface area contributed by atoms with Gasteiger partial charge in [-0.2, -0.15) is 10.2 Å². The van der Waals surface area contributed by atoms with Gasteiger partial charge in [0.15, 0.2) is 0 Å². The van der Waals surface area contributed by atoms with Gasteiger partial charge >= 0.3 is 0 Å². The van der Waals surface area contributed by atoms with Gasteiger partial charge in [-0.15, -0.1) is 0 Å². The van der Waals surface area contributed by atoms with Gasteiger partial charge in [0.05, 0.1) is 23.5 Å². The summed E-state index contributed by atoms with van der Waals surface area (Å²) in [5.41, 5.74) is 1.86. The van der Waals surface area contributed by atoms with Crippen LogP contribution in [0.15, 0.2) is 36.7 Å². The largest absolute Gasteiger partial charge is 0.336 e. The Kier molecular flexibility index (Phi) is 1.89. The molecule has 4 nitrogen and oxygen atoms in total. The van der Waals surface area contributed by atoms with E-state index in [1.807, 2.05) is 0 Å². The third kappa shape index (κ3) is 1.33. The van der Waals surface area contributed by atoms with Crippen LogP contribution >= 0.6 is 0 Å². The number of H-pyrrole nitrogens is 1. The van der Waals surface area contributed by atoms with Crippen LogP contribution in [-0.4, -0.2) is 20.2 Å². The molecule has 0 fully saturated rings. The number of rotatable bonds is 1. The summed E-state index contributed by atoms with van der Waals surface area (Å²) in [4.78, 5) is 7.24. The van der Waals surface area contributed by atoms with E-state index in [4.69, 9.17) is 0 Å². The van der Waals surface area contributed by atoms with Crippen molar-refractivity contribution < 1.29 is 4.39 Å². The highest BCUT2D eigenvalue weighted by molar-refractivity contribution is 5.77. The Morgan fingerprint density at radius 2 is 1.88 bits per heavy atom. The summed E-state index contributed by atoms with van der Waals surface area (Å²) in [6.07, 6.45) is 3.10. The average Bonchev–Trinajstić information content (AvgIpc) is 2.73. The lowest BCUT2D eigenvalue weighted by atomic mass is 10.2. The summed E-state index contributed by atoms with van der Waals surface area (Å²) >= 11 is 0. The number of benzene rings is 1. The number of halogens is 1. The molecule has 5 heteroatoms. The van der Waals surface area contributed by atoms with Crippen LogP contribution < -0.4 is 0 Å². The first-order valence-corrected chi connectivity index (χ1v) is 4.76. The maximum atomic E-state index is 13.5. The maximum Gasteiger partial charge on any atom is 0.141 e. The summed E-state index contributed by atoms with van der Waals surface area (Å²) in [6, 6.07) is 6.49. The highest BCUT2D eigenvalue weighted by atomic mass is 19.1. The van der Waals surface area contributed by atoms with Crippen molar-refractivity contribution in [3.8, 4) is 11.4 Å². The Hall–Kier alpha value is -2.30. The van der Waals surface area contributed by atoms with E-state index in [-0.39, 0.29) is 5.82 Å². The topological polar surface area (TPSA) is 54.5 Å². The van der Waals surface area contributed by atoms with E-state index in [1.165, 1.54) is 12.3 Å². The summed E-state index contributed by atoms with van der Waals surface area (Å²) in [5.74, 6) is 0.186. The third-order valence-corrected chi connectivity index (χ3v) is 2.32. The first kappa shape index (κ1) is 8.96. The zero-order valence-electron chi connectivity index (χ0n) is 8.18. The zero-order valence-corrected chi connectivity index (χ0v) is 8.18. The minimum atomic E-state index is -0.303. The van der Waals surface area contributed by atoms with Gasteiger partial charge in [-0.25, -0.2) is 9.37 Å². The molecule has 0 aliphatic rings. The number of hydrogen-bond donors (Lipinski definition) is 1. The highest BCUT2D eigenvalue weighted by Gasteiger charge is 2.08. The first-order valence-electron chi connectivity index (χ1n) is 4.76. The van der Waals surface area contributed by atoms with E-state index in [0.29, 0.717) is 16.9 Å². The molecule has 0 saturated heterocycles. The minimum Gasteiger partial charge on any atom is -0.336 e. The molecule has 3 aromatic rings. The van der Waals surface area contributed by atoms with E-state index in [9.17, 15) is 4.39 Å². The molecule has 0 spiro atoms. The molecule has 78 valence electrons. The number of hydrogen-bond acceptors (Lipinski definition) is 3. The van der Waals surface area contributed by atoms with Crippen molar-refractivity contribution in [2.75, 3.05) is 0 Å². The number of fused-ring (bicyclic) bond motifs is 1. The Morgan fingerprint density at radius 1 is 1.06 bits per heavy atom. The van der Waals surface area contributed by atoms with Gasteiger partial charge in [0.2, 0.25) is 0 Å². The fourth-order valence-corrected chi connectivity index (χ4v) is 1.56. The molecule has 0 atom stereocenters. The molecular weight excluding hydrogens is 207 g/mol. The second-order valence-corrected chi connectivity index (χ2v) is 3.35. The SMILES string of the molecule is Fc1ccccc1-c1nc2cnncc2[nH]1. The van der Waals surface area contributed by atoms with Gasteiger partial charge in [-0.05, 0) is 12.1 Å². The van der Waals surface area contributed by atoms with Gasteiger partial charge in [-0.1, -0.05) is 12.1 Å². The summed E-state index contributed by atoms with van der Waals surface area (Å²) in [5, 5.41) is 7.44. The van der Waals surface area contributed by atoms with Gasteiger partial charge in [0.25, 0.3) is 0 Å². The molecule has 2 heterocycles. The lowest BCUT2D eigenvalue weighted by Gasteiger charge is -1.96. The van der Waals surface area contributed by atoms with Crippen LogP contribution in [0.25, 0.3) is 22.4 Å². The second kappa shape index (κ2) is 3.37. The van der Waals surface area contributed by atoms with E-state index < -0.39 is 0 Å². The van der Waals surface area contributed by atoms with Crippen LogP contribution in [-0.2, 0) is 0 Å². The van der Waals surface area contributed by atoms with Crippen LogP contribution in [0, 0.1) is 5.82 Å². The van der Waals surface area contributed by atoms with Crippen LogP contribution in [0.2, 0.25) is 0 Å². The van der Waals surface area contributed by atoms with Crippen LogP contribution in [0.5, 0.6) is 0 Å². The molecule has 0 amide bonds. The van der Waals surface area contributed by atoms with Crippen LogP contribution in [0.4, 0.5) is 4.39 Å². The Morgan fingerprint density at radius 3 is 2.69 bits per heavy atom. The standard InChI is InChI=1S/C11H7FN4/c12-8-4-2-1-3-7(8)11-15-9-5-13-14-6-10(9)16-11/h1-6H,(H,15,16). The number of imidazole rings is 1. The van der Waals surface area contributed by atoms with E-state index >= 15 is 0 Å². The smallest absolute Gasteiger partial charge is 0.141 e. The summed E-state index contributed by atoms with van der Waals surface area (Å²) in [7, 11) is 0. The number of aromatic amines is 1. The second-order valence-electron chi connectivity index (χ2n) is 3.35. The lowest BCUT2D eigenvalue weighted by molar-refractivity contribution is 0.630. The molecule has 0 saturated carbocycles. The van der Waals surface area contributed by atoms with Crippen LogP contribution in [0.1, 0.15) is 0 Å². The molecule has 16 heavy (non-hydrogen) atoms. The van der Waals surface area contributed by atoms with Crippen molar-refractivity contribution in [1.29, 1.82) is 0 Å². The Bertz CT molecular complexity index is 614. The highest BCUT2D eigenvalue weighted by Crippen LogP contribution is 2.21. The fraction of sp³-hybridized carbons (Fsp3) is 0. The summed E-state index contributed by atoms with van der Waals surface area (Å²) in [6.45, 7) is 0. The van der Waals surface area contributed by atoms with Gasteiger partial charge in [0, 0.05) is 0 Å². The van der Waals surface area contributed by atoms with Crippen molar-refractivity contribution in [2.45, 2.75) is 0 Å². The zero-order chi connectivity index (χ0) is 11.0.